The molecule has 0 radical (unpaired) electrons. The van der Waals surface area contributed by atoms with Crippen molar-refractivity contribution in [3.63, 3.8) is 0 Å². The van der Waals surface area contributed by atoms with Crippen LogP contribution in [0.15, 0.2) is 53.4 Å². The fourth-order valence-corrected chi connectivity index (χ4v) is 2.64. The predicted molar refractivity (Wildman–Crippen MR) is 86.3 cm³/mol. The van der Waals surface area contributed by atoms with E-state index in [9.17, 15) is 13.2 Å². The third kappa shape index (κ3) is 4.70. The van der Waals surface area contributed by atoms with Gasteiger partial charge in [-0.1, -0.05) is 42.0 Å². The second-order valence-electron chi connectivity index (χ2n) is 5.36. The first kappa shape index (κ1) is 16.2. The molecule has 0 unspecified atom stereocenters. The molecule has 116 valence electrons. The molecule has 22 heavy (non-hydrogen) atoms. The van der Waals surface area contributed by atoms with E-state index in [-0.39, 0.29) is 17.2 Å². The molecule has 1 amide bonds. The number of hydrogen-bond acceptors (Lipinski definition) is 3. The third-order valence-corrected chi connectivity index (χ3v) is 4.45. The molecule has 2 rings (SSSR count). The summed E-state index contributed by atoms with van der Waals surface area (Å²) in [5.41, 5.74) is 3.02. The van der Waals surface area contributed by atoms with Crippen molar-refractivity contribution in [1.29, 1.82) is 0 Å². The zero-order valence-electron chi connectivity index (χ0n) is 12.7. The van der Waals surface area contributed by atoms with E-state index in [2.05, 4.69) is 5.32 Å². The maximum atomic E-state index is 11.9. The van der Waals surface area contributed by atoms with Crippen LogP contribution < -0.4 is 5.32 Å². The van der Waals surface area contributed by atoms with Crippen molar-refractivity contribution in [1.82, 2.24) is 5.32 Å². The highest BCUT2D eigenvalue weighted by atomic mass is 32.2. The number of hydrogen-bond donors (Lipinski definition) is 1. The summed E-state index contributed by atoms with van der Waals surface area (Å²) in [5, 5.41) is 2.85. The molecule has 0 aliphatic carbocycles. The third-order valence-electron chi connectivity index (χ3n) is 3.33. The van der Waals surface area contributed by atoms with Gasteiger partial charge in [0.15, 0.2) is 9.84 Å². The topological polar surface area (TPSA) is 63.2 Å². The lowest BCUT2D eigenvalue weighted by atomic mass is 10.1. The lowest BCUT2D eigenvalue weighted by Crippen LogP contribution is -2.24. The van der Waals surface area contributed by atoms with E-state index in [4.69, 9.17) is 0 Å². The van der Waals surface area contributed by atoms with E-state index in [0.717, 1.165) is 17.4 Å². The Morgan fingerprint density at radius 2 is 1.50 bits per heavy atom. The molecule has 0 saturated heterocycles. The average molecular weight is 317 g/mol. The van der Waals surface area contributed by atoms with Crippen LogP contribution in [0.4, 0.5) is 0 Å². The minimum absolute atomic E-state index is 0.0901. The molecule has 4 nitrogen and oxygen atoms in total. The predicted octanol–water partition coefficient (Wildman–Crippen LogP) is 2.26. The van der Waals surface area contributed by atoms with Crippen LogP contribution in [0.1, 0.15) is 16.7 Å². The Morgan fingerprint density at radius 3 is 2.05 bits per heavy atom. The van der Waals surface area contributed by atoms with Crippen LogP contribution in [-0.4, -0.2) is 20.6 Å². The number of carbonyl (C=O) groups is 1. The SMILES string of the molecule is Cc1ccc(CNC(=O)Cc2ccc(S(C)(=O)=O)cc2)cc1. The Labute approximate surface area is 131 Å². The van der Waals surface area contributed by atoms with Crippen molar-refractivity contribution in [2.75, 3.05) is 6.26 Å². The second kappa shape index (κ2) is 6.75. The van der Waals surface area contributed by atoms with Gasteiger partial charge in [-0.05, 0) is 30.2 Å². The molecule has 0 aliphatic heterocycles. The molecular weight excluding hydrogens is 298 g/mol. The summed E-state index contributed by atoms with van der Waals surface area (Å²) in [6.45, 7) is 2.50. The van der Waals surface area contributed by atoms with Gasteiger partial charge in [-0.15, -0.1) is 0 Å². The molecule has 0 aromatic heterocycles. The van der Waals surface area contributed by atoms with Crippen molar-refractivity contribution in [2.45, 2.75) is 24.8 Å². The molecule has 0 heterocycles. The van der Waals surface area contributed by atoms with Gasteiger partial charge in [-0.25, -0.2) is 8.42 Å². The molecule has 2 aromatic rings. The van der Waals surface area contributed by atoms with Crippen molar-refractivity contribution in [3.05, 3.63) is 65.2 Å². The summed E-state index contributed by atoms with van der Waals surface area (Å²) in [4.78, 5) is 12.2. The van der Waals surface area contributed by atoms with E-state index in [1.807, 2.05) is 31.2 Å². The van der Waals surface area contributed by atoms with Gasteiger partial charge in [-0.2, -0.15) is 0 Å². The number of carbonyl (C=O) groups excluding carboxylic acids is 1. The minimum atomic E-state index is -3.20. The molecule has 2 aromatic carbocycles. The van der Waals surface area contributed by atoms with Gasteiger partial charge in [0.2, 0.25) is 5.91 Å². The quantitative estimate of drug-likeness (QED) is 0.920. The highest BCUT2D eigenvalue weighted by Gasteiger charge is 2.08. The zero-order chi connectivity index (χ0) is 16.2. The number of aryl methyl sites for hydroxylation is 1. The Hall–Kier alpha value is -2.14. The Kier molecular flexibility index (Phi) is 4.98. The normalized spacial score (nSPS) is 11.2. The maximum Gasteiger partial charge on any atom is 0.224 e. The zero-order valence-corrected chi connectivity index (χ0v) is 13.5. The Morgan fingerprint density at radius 1 is 0.955 bits per heavy atom. The molecule has 0 aliphatic rings. The Bertz CT molecular complexity index is 747. The maximum absolute atomic E-state index is 11.9. The fourth-order valence-electron chi connectivity index (χ4n) is 2.01. The van der Waals surface area contributed by atoms with Gasteiger partial charge < -0.3 is 5.32 Å². The largest absolute Gasteiger partial charge is 0.352 e. The molecule has 1 N–H and O–H groups in total. The van der Waals surface area contributed by atoms with Crippen LogP contribution in [-0.2, 0) is 27.6 Å². The molecule has 0 bridgehead atoms. The van der Waals surface area contributed by atoms with Crippen molar-refractivity contribution in [2.24, 2.45) is 0 Å². The summed E-state index contributed by atoms with van der Waals surface area (Å²) >= 11 is 0. The lowest BCUT2D eigenvalue weighted by molar-refractivity contribution is -0.120. The number of rotatable bonds is 5. The summed E-state index contributed by atoms with van der Waals surface area (Å²) in [6, 6.07) is 14.4. The van der Waals surface area contributed by atoms with E-state index >= 15 is 0 Å². The van der Waals surface area contributed by atoms with Crippen LogP contribution in [0.3, 0.4) is 0 Å². The molecule has 5 heteroatoms. The first-order valence-electron chi connectivity index (χ1n) is 6.96. The van der Waals surface area contributed by atoms with Gasteiger partial charge in [0, 0.05) is 12.8 Å². The average Bonchev–Trinajstić information content (AvgIpc) is 2.46. The molecule has 0 atom stereocenters. The lowest BCUT2D eigenvalue weighted by Gasteiger charge is -2.06. The molecular formula is C17H19NO3S. The summed E-state index contributed by atoms with van der Waals surface area (Å²) in [6.07, 6.45) is 1.40. The first-order valence-corrected chi connectivity index (χ1v) is 8.85. The highest BCUT2D eigenvalue weighted by molar-refractivity contribution is 7.90. The van der Waals surface area contributed by atoms with Crippen molar-refractivity contribution >= 4 is 15.7 Å². The van der Waals surface area contributed by atoms with E-state index in [0.29, 0.717) is 6.54 Å². The molecule has 0 fully saturated rings. The van der Waals surface area contributed by atoms with Crippen LogP contribution in [0, 0.1) is 6.92 Å². The number of nitrogens with one attached hydrogen (secondary N) is 1. The van der Waals surface area contributed by atoms with Crippen molar-refractivity contribution < 1.29 is 13.2 Å². The smallest absolute Gasteiger partial charge is 0.224 e. The number of sulfone groups is 1. The van der Waals surface area contributed by atoms with E-state index < -0.39 is 9.84 Å². The van der Waals surface area contributed by atoms with Crippen LogP contribution in [0.5, 0.6) is 0 Å². The second-order valence-corrected chi connectivity index (χ2v) is 7.37. The first-order chi connectivity index (χ1) is 10.3. The highest BCUT2D eigenvalue weighted by Crippen LogP contribution is 2.11. The van der Waals surface area contributed by atoms with Gasteiger partial charge >= 0.3 is 0 Å². The standard InChI is InChI=1S/C17H19NO3S/c1-13-3-5-15(6-4-13)12-18-17(19)11-14-7-9-16(10-8-14)22(2,20)21/h3-10H,11-12H2,1-2H3,(H,18,19). The fraction of sp³-hybridized carbons (Fsp3) is 0.235. The summed E-state index contributed by atoms with van der Waals surface area (Å²) in [7, 11) is -3.20. The van der Waals surface area contributed by atoms with E-state index in [1.165, 1.54) is 17.7 Å². The number of amides is 1. The Balaban J connectivity index is 1.90. The van der Waals surface area contributed by atoms with E-state index in [1.54, 1.807) is 12.1 Å². The van der Waals surface area contributed by atoms with Crippen LogP contribution in [0.25, 0.3) is 0 Å². The monoisotopic (exact) mass is 317 g/mol. The van der Waals surface area contributed by atoms with Gasteiger partial charge in [0.1, 0.15) is 0 Å². The van der Waals surface area contributed by atoms with Crippen LogP contribution in [0.2, 0.25) is 0 Å². The van der Waals surface area contributed by atoms with Gasteiger partial charge in [-0.3, -0.25) is 4.79 Å². The summed E-state index contributed by atoms with van der Waals surface area (Å²) in [5.74, 6) is -0.0901. The summed E-state index contributed by atoms with van der Waals surface area (Å²) < 4.78 is 22.7. The molecule has 0 spiro atoms. The van der Waals surface area contributed by atoms with Gasteiger partial charge in [0.25, 0.3) is 0 Å². The van der Waals surface area contributed by atoms with Crippen molar-refractivity contribution in [3.8, 4) is 0 Å². The molecule has 0 saturated carbocycles. The number of benzene rings is 2. The minimum Gasteiger partial charge on any atom is -0.352 e. The van der Waals surface area contributed by atoms with Crippen LogP contribution >= 0.6 is 0 Å². The van der Waals surface area contributed by atoms with Gasteiger partial charge in [0.05, 0.1) is 11.3 Å².